The predicted molar refractivity (Wildman–Crippen MR) is 78.3 cm³/mol. The van der Waals surface area contributed by atoms with Gasteiger partial charge in [-0.3, -0.25) is 9.69 Å². The number of amides is 1. The van der Waals surface area contributed by atoms with E-state index in [0.29, 0.717) is 17.7 Å². The number of aliphatic hydroxyl groups is 1. The van der Waals surface area contributed by atoms with E-state index in [1.54, 1.807) is 0 Å². The summed E-state index contributed by atoms with van der Waals surface area (Å²) in [6.07, 6.45) is 8.20. The van der Waals surface area contributed by atoms with Crippen LogP contribution in [0.5, 0.6) is 0 Å². The second-order valence-electron chi connectivity index (χ2n) is 6.87. The molecule has 0 aromatic heterocycles. The third-order valence-corrected chi connectivity index (χ3v) is 5.25. The molecule has 3 aliphatic rings. The number of hydrogen-bond donors (Lipinski definition) is 1. The minimum absolute atomic E-state index is 0.143. The Bertz CT molecular complexity index is 329. The molecule has 20 heavy (non-hydrogen) atoms. The minimum Gasteiger partial charge on any atom is -0.392 e. The molecule has 4 heteroatoms. The summed E-state index contributed by atoms with van der Waals surface area (Å²) < 4.78 is 0. The molecule has 2 aliphatic carbocycles. The van der Waals surface area contributed by atoms with Crippen molar-refractivity contribution in [2.75, 3.05) is 32.7 Å². The number of carbonyl (C=O) groups excluding carboxylic acids is 1. The largest absolute Gasteiger partial charge is 0.392 e. The smallest absolute Gasteiger partial charge is 0.225 e. The highest BCUT2D eigenvalue weighted by molar-refractivity contribution is 5.79. The average molecular weight is 280 g/mol. The molecule has 0 aromatic carbocycles. The molecular weight excluding hydrogens is 252 g/mol. The summed E-state index contributed by atoms with van der Waals surface area (Å²) in [5.74, 6) is 1.25. The molecule has 1 atom stereocenters. The highest BCUT2D eigenvalue weighted by Gasteiger charge is 2.33. The first-order valence-electron chi connectivity index (χ1n) is 8.43. The highest BCUT2D eigenvalue weighted by atomic mass is 16.3. The van der Waals surface area contributed by atoms with Crippen molar-refractivity contribution in [3.05, 3.63) is 0 Å². The van der Waals surface area contributed by atoms with Gasteiger partial charge in [0.05, 0.1) is 6.10 Å². The number of nitrogens with zero attached hydrogens (tertiary/aromatic N) is 2. The number of piperazine rings is 1. The van der Waals surface area contributed by atoms with Gasteiger partial charge in [0.1, 0.15) is 0 Å². The molecular formula is C16H28N2O2. The van der Waals surface area contributed by atoms with Crippen LogP contribution in [0, 0.1) is 11.8 Å². The fourth-order valence-corrected chi connectivity index (χ4v) is 3.65. The van der Waals surface area contributed by atoms with E-state index in [9.17, 15) is 9.90 Å². The normalized spacial score (nSPS) is 27.6. The van der Waals surface area contributed by atoms with Crippen LogP contribution in [-0.4, -0.2) is 59.6 Å². The van der Waals surface area contributed by atoms with Gasteiger partial charge in [-0.25, -0.2) is 0 Å². The summed E-state index contributed by atoms with van der Waals surface area (Å²) in [6, 6.07) is 0. The molecule has 1 heterocycles. The molecule has 1 saturated heterocycles. The summed E-state index contributed by atoms with van der Waals surface area (Å²) in [5.41, 5.74) is 0. The monoisotopic (exact) mass is 280 g/mol. The molecule has 0 aromatic rings. The lowest BCUT2D eigenvalue weighted by Crippen LogP contribution is -2.52. The molecule has 0 radical (unpaired) electrons. The lowest BCUT2D eigenvalue weighted by molar-refractivity contribution is -0.138. The highest BCUT2D eigenvalue weighted by Crippen LogP contribution is 2.33. The molecule has 0 bridgehead atoms. The van der Waals surface area contributed by atoms with Crippen molar-refractivity contribution in [2.45, 2.75) is 51.0 Å². The topological polar surface area (TPSA) is 43.8 Å². The molecule has 3 fully saturated rings. The Morgan fingerprint density at radius 1 is 1.00 bits per heavy atom. The molecule has 2 saturated carbocycles. The maximum atomic E-state index is 12.5. The molecule has 1 N–H and O–H groups in total. The summed E-state index contributed by atoms with van der Waals surface area (Å²) >= 11 is 0. The van der Waals surface area contributed by atoms with Crippen molar-refractivity contribution >= 4 is 5.91 Å². The van der Waals surface area contributed by atoms with Gasteiger partial charge in [0.25, 0.3) is 0 Å². The van der Waals surface area contributed by atoms with E-state index in [2.05, 4.69) is 9.80 Å². The van der Waals surface area contributed by atoms with E-state index in [0.717, 1.165) is 45.6 Å². The van der Waals surface area contributed by atoms with E-state index >= 15 is 0 Å². The van der Waals surface area contributed by atoms with E-state index < -0.39 is 0 Å². The Balaban J connectivity index is 1.41. The summed E-state index contributed by atoms with van der Waals surface area (Å²) in [5, 5.41) is 10.00. The SMILES string of the molecule is O=C(C1CCCCC1)N1CCN(C[C@H](O)C2CC2)CC1. The predicted octanol–water partition coefficient (Wildman–Crippen LogP) is 1.48. The zero-order valence-electron chi connectivity index (χ0n) is 12.5. The molecule has 0 unspecified atom stereocenters. The van der Waals surface area contributed by atoms with Crippen molar-refractivity contribution in [3.8, 4) is 0 Å². The zero-order chi connectivity index (χ0) is 13.9. The lowest BCUT2D eigenvalue weighted by atomic mass is 9.88. The van der Waals surface area contributed by atoms with Gasteiger partial charge < -0.3 is 10.0 Å². The molecule has 114 valence electrons. The minimum atomic E-state index is -0.143. The standard InChI is InChI=1S/C16H28N2O2/c19-15(13-6-7-13)12-17-8-10-18(11-9-17)16(20)14-4-2-1-3-5-14/h13-15,19H,1-12H2/t15-/m0/s1. The molecule has 3 rings (SSSR count). The van der Waals surface area contributed by atoms with Crippen LogP contribution in [-0.2, 0) is 4.79 Å². The van der Waals surface area contributed by atoms with Gasteiger partial charge in [0, 0.05) is 38.6 Å². The van der Waals surface area contributed by atoms with E-state index in [1.807, 2.05) is 0 Å². The van der Waals surface area contributed by atoms with Gasteiger partial charge in [0.2, 0.25) is 5.91 Å². The van der Waals surface area contributed by atoms with Crippen molar-refractivity contribution in [3.63, 3.8) is 0 Å². The first-order valence-corrected chi connectivity index (χ1v) is 8.43. The molecule has 1 amide bonds. The molecule has 1 aliphatic heterocycles. The van der Waals surface area contributed by atoms with E-state index in [-0.39, 0.29) is 6.10 Å². The number of rotatable bonds is 4. The third-order valence-electron chi connectivity index (χ3n) is 5.25. The van der Waals surface area contributed by atoms with Crippen molar-refractivity contribution in [1.82, 2.24) is 9.80 Å². The van der Waals surface area contributed by atoms with Gasteiger partial charge in [-0.2, -0.15) is 0 Å². The lowest BCUT2D eigenvalue weighted by Gasteiger charge is -2.37. The number of hydrogen-bond acceptors (Lipinski definition) is 3. The van der Waals surface area contributed by atoms with Crippen molar-refractivity contribution in [2.24, 2.45) is 11.8 Å². The Morgan fingerprint density at radius 2 is 1.65 bits per heavy atom. The molecule has 4 nitrogen and oxygen atoms in total. The Hall–Kier alpha value is -0.610. The Morgan fingerprint density at radius 3 is 2.25 bits per heavy atom. The first kappa shape index (κ1) is 14.3. The Kier molecular flexibility index (Phi) is 4.61. The van der Waals surface area contributed by atoms with E-state index in [4.69, 9.17) is 0 Å². The fourth-order valence-electron chi connectivity index (χ4n) is 3.65. The number of aliphatic hydroxyl groups excluding tert-OH is 1. The summed E-state index contributed by atoms with van der Waals surface area (Å²) in [4.78, 5) is 16.9. The van der Waals surface area contributed by atoms with Gasteiger partial charge >= 0.3 is 0 Å². The summed E-state index contributed by atoms with van der Waals surface area (Å²) in [6.45, 7) is 4.38. The average Bonchev–Trinajstić information content (AvgIpc) is 3.33. The van der Waals surface area contributed by atoms with Gasteiger partial charge in [0.15, 0.2) is 0 Å². The Labute approximate surface area is 122 Å². The van der Waals surface area contributed by atoms with Crippen LogP contribution in [0.25, 0.3) is 0 Å². The van der Waals surface area contributed by atoms with Crippen molar-refractivity contribution < 1.29 is 9.90 Å². The molecule has 0 spiro atoms. The van der Waals surface area contributed by atoms with Crippen LogP contribution in [0.3, 0.4) is 0 Å². The summed E-state index contributed by atoms with van der Waals surface area (Å²) in [7, 11) is 0. The van der Waals surface area contributed by atoms with Crippen LogP contribution >= 0.6 is 0 Å². The zero-order valence-corrected chi connectivity index (χ0v) is 12.5. The maximum Gasteiger partial charge on any atom is 0.225 e. The van der Waals surface area contributed by atoms with Crippen LogP contribution in [0.4, 0.5) is 0 Å². The van der Waals surface area contributed by atoms with Crippen LogP contribution < -0.4 is 0 Å². The van der Waals surface area contributed by atoms with Gasteiger partial charge in [-0.15, -0.1) is 0 Å². The van der Waals surface area contributed by atoms with Crippen molar-refractivity contribution in [1.29, 1.82) is 0 Å². The van der Waals surface area contributed by atoms with E-state index in [1.165, 1.54) is 32.1 Å². The second kappa shape index (κ2) is 6.44. The maximum absolute atomic E-state index is 12.5. The van der Waals surface area contributed by atoms with Gasteiger partial charge in [-0.1, -0.05) is 19.3 Å². The number of carbonyl (C=O) groups is 1. The third kappa shape index (κ3) is 3.53. The van der Waals surface area contributed by atoms with Gasteiger partial charge in [-0.05, 0) is 31.6 Å². The van der Waals surface area contributed by atoms with Crippen LogP contribution in [0.15, 0.2) is 0 Å². The fraction of sp³-hybridized carbons (Fsp3) is 0.938. The first-order chi connectivity index (χ1) is 9.74. The quantitative estimate of drug-likeness (QED) is 0.848. The number of β-amino-alcohol motifs (C(OH)–C–C–N with tert-alkyl or cyclic N) is 1. The second-order valence-corrected chi connectivity index (χ2v) is 6.87. The van der Waals surface area contributed by atoms with Crippen LogP contribution in [0.2, 0.25) is 0 Å². The van der Waals surface area contributed by atoms with Crippen LogP contribution in [0.1, 0.15) is 44.9 Å².